The van der Waals surface area contributed by atoms with Gasteiger partial charge in [0.15, 0.2) is 5.69 Å². The van der Waals surface area contributed by atoms with Crippen LogP contribution in [0.5, 0.6) is 0 Å². The van der Waals surface area contributed by atoms with Crippen molar-refractivity contribution in [3.05, 3.63) is 17.8 Å². The Morgan fingerprint density at radius 3 is 2.59 bits per heavy atom. The average Bonchev–Trinajstić information content (AvgIpc) is 2.23. The van der Waals surface area contributed by atoms with Gasteiger partial charge in [0.05, 0.1) is 6.54 Å². The molecule has 1 rings (SSSR count). The van der Waals surface area contributed by atoms with Crippen molar-refractivity contribution in [1.82, 2.24) is 10.2 Å². The molecule has 0 saturated carbocycles. The van der Waals surface area contributed by atoms with Crippen LogP contribution in [0.1, 0.15) is 5.69 Å². The van der Waals surface area contributed by atoms with Crippen LogP contribution in [-0.2, 0) is 10.9 Å². The molecule has 1 aromatic heterocycles. The van der Waals surface area contributed by atoms with E-state index in [2.05, 4.69) is 20.3 Å². The normalized spacial score (nSPS) is 11.0. The number of aromatic nitrogens is 2. The lowest BCUT2D eigenvalue weighted by Gasteiger charge is -2.07. The second-order valence-electron chi connectivity index (χ2n) is 2.90. The van der Waals surface area contributed by atoms with Gasteiger partial charge in [-0.1, -0.05) is 0 Å². The van der Waals surface area contributed by atoms with Gasteiger partial charge in [-0.3, -0.25) is 0 Å². The van der Waals surface area contributed by atoms with E-state index in [1.54, 1.807) is 0 Å². The maximum atomic E-state index is 12.1. The lowest BCUT2D eigenvalue weighted by molar-refractivity contribution is -0.141. The van der Waals surface area contributed by atoms with Gasteiger partial charge >= 0.3 is 12.3 Å². The first kappa shape index (κ1) is 13.0. The summed E-state index contributed by atoms with van der Waals surface area (Å²) in [6, 6.07) is 1.92. The summed E-state index contributed by atoms with van der Waals surface area (Å²) >= 11 is 0. The first-order valence-corrected chi connectivity index (χ1v) is 4.46. The number of anilines is 1. The standard InChI is InChI=1S/C8H9F3N4O2/c9-8(10,11)5-1-2-6(15-14-5)13-3-4-17-7(12)16/h1-2H,3-4H2,(H2,12,16)(H,13,15). The number of nitrogens with one attached hydrogen (secondary N) is 1. The first-order chi connectivity index (χ1) is 7.89. The number of ether oxygens (including phenoxy) is 1. The quantitative estimate of drug-likeness (QED) is 0.778. The zero-order valence-electron chi connectivity index (χ0n) is 8.49. The Hall–Kier alpha value is -2.06. The van der Waals surface area contributed by atoms with Crippen LogP contribution in [0.3, 0.4) is 0 Å². The largest absolute Gasteiger partial charge is 0.448 e. The van der Waals surface area contributed by atoms with E-state index in [-0.39, 0.29) is 19.0 Å². The van der Waals surface area contributed by atoms with Crippen LogP contribution < -0.4 is 11.1 Å². The molecule has 0 fully saturated rings. The van der Waals surface area contributed by atoms with Crippen molar-refractivity contribution in [3.8, 4) is 0 Å². The van der Waals surface area contributed by atoms with E-state index < -0.39 is 18.0 Å². The zero-order valence-corrected chi connectivity index (χ0v) is 8.49. The monoisotopic (exact) mass is 250 g/mol. The van der Waals surface area contributed by atoms with Gasteiger partial charge in [-0.2, -0.15) is 13.2 Å². The van der Waals surface area contributed by atoms with Crippen LogP contribution in [0.2, 0.25) is 0 Å². The Morgan fingerprint density at radius 1 is 1.41 bits per heavy atom. The molecule has 0 bridgehead atoms. The molecular formula is C8H9F3N4O2. The number of carbonyl (C=O) groups excluding carboxylic acids is 1. The van der Waals surface area contributed by atoms with Gasteiger partial charge in [-0.05, 0) is 12.1 Å². The van der Waals surface area contributed by atoms with Gasteiger partial charge in [0.2, 0.25) is 0 Å². The maximum Gasteiger partial charge on any atom is 0.435 e. The molecule has 0 radical (unpaired) electrons. The molecule has 0 saturated heterocycles. The summed E-state index contributed by atoms with van der Waals surface area (Å²) < 4.78 is 40.8. The van der Waals surface area contributed by atoms with E-state index in [1.165, 1.54) is 0 Å². The van der Waals surface area contributed by atoms with Gasteiger partial charge < -0.3 is 15.8 Å². The molecule has 0 aliphatic rings. The molecule has 1 heterocycles. The number of nitrogens with two attached hydrogens (primary N) is 1. The van der Waals surface area contributed by atoms with Gasteiger partial charge in [0, 0.05) is 0 Å². The molecule has 9 heteroatoms. The highest BCUT2D eigenvalue weighted by atomic mass is 19.4. The smallest absolute Gasteiger partial charge is 0.435 e. The molecule has 1 amide bonds. The topological polar surface area (TPSA) is 90.1 Å². The minimum absolute atomic E-state index is 0.0158. The highest BCUT2D eigenvalue weighted by molar-refractivity contribution is 5.64. The number of primary amides is 1. The molecule has 0 atom stereocenters. The molecule has 0 aliphatic heterocycles. The summed E-state index contributed by atoms with van der Waals surface area (Å²) in [5.41, 5.74) is 3.62. The van der Waals surface area contributed by atoms with Crippen molar-refractivity contribution >= 4 is 11.9 Å². The Morgan fingerprint density at radius 2 is 2.12 bits per heavy atom. The fraction of sp³-hybridized carbons (Fsp3) is 0.375. The van der Waals surface area contributed by atoms with Crippen molar-refractivity contribution in [2.75, 3.05) is 18.5 Å². The fourth-order valence-corrected chi connectivity index (χ4v) is 0.908. The Kier molecular flexibility index (Phi) is 4.07. The van der Waals surface area contributed by atoms with Gasteiger partial charge in [-0.25, -0.2) is 4.79 Å². The summed E-state index contributed by atoms with van der Waals surface area (Å²) in [6.07, 6.45) is -5.44. The predicted octanol–water partition coefficient (Wildman–Crippen LogP) is 1.00. The second kappa shape index (κ2) is 5.32. The number of nitrogens with zero attached hydrogens (tertiary/aromatic N) is 2. The molecule has 0 aliphatic carbocycles. The van der Waals surface area contributed by atoms with Crippen molar-refractivity contribution in [3.63, 3.8) is 0 Å². The van der Waals surface area contributed by atoms with Crippen LogP contribution in [0.15, 0.2) is 12.1 Å². The highest BCUT2D eigenvalue weighted by Crippen LogP contribution is 2.26. The van der Waals surface area contributed by atoms with E-state index in [1.807, 2.05) is 0 Å². The summed E-state index contributed by atoms with van der Waals surface area (Å²) in [5, 5.41) is 8.91. The number of rotatable bonds is 4. The predicted molar refractivity (Wildman–Crippen MR) is 51.1 cm³/mol. The average molecular weight is 250 g/mol. The number of halogens is 3. The van der Waals surface area contributed by atoms with Crippen molar-refractivity contribution in [2.24, 2.45) is 5.73 Å². The number of hydrogen-bond acceptors (Lipinski definition) is 5. The minimum Gasteiger partial charge on any atom is -0.448 e. The van der Waals surface area contributed by atoms with E-state index >= 15 is 0 Å². The summed E-state index contributed by atoms with van der Waals surface area (Å²) in [4.78, 5) is 10.2. The van der Waals surface area contributed by atoms with Crippen LogP contribution in [-0.4, -0.2) is 29.4 Å². The molecule has 1 aromatic rings. The van der Waals surface area contributed by atoms with Gasteiger partial charge in [0.1, 0.15) is 12.4 Å². The molecule has 0 unspecified atom stereocenters. The first-order valence-electron chi connectivity index (χ1n) is 4.46. The van der Waals surface area contributed by atoms with Crippen LogP contribution >= 0.6 is 0 Å². The number of hydrogen-bond donors (Lipinski definition) is 2. The van der Waals surface area contributed by atoms with Crippen molar-refractivity contribution in [2.45, 2.75) is 6.18 Å². The highest BCUT2D eigenvalue weighted by Gasteiger charge is 2.32. The Bertz CT molecular complexity index is 379. The van der Waals surface area contributed by atoms with Gasteiger partial charge in [-0.15, -0.1) is 10.2 Å². The Balaban J connectivity index is 2.43. The van der Waals surface area contributed by atoms with Crippen LogP contribution in [0.4, 0.5) is 23.8 Å². The molecule has 3 N–H and O–H groups in total. The second-order valence-corrected chi connectivity index (χ2v) is 2.90. The van der Waals surface area contributed by atoms with Crippen molar-refractivity contribution in [1.29, 1.82) is 0 Å². The lowest BCUT2D eigenvalue weighted by Crippen LogP contribution is -2.19. The fourth-order valence-electron chi connectivity index (χ4n) is 0.908. The summed E-state index contributed by atoms with van der Waals surface area (Å²) in [5.74, 6) is 0.145. The lowest BCUT2D eigenvalue weighted by atomic mass is 10.4. The van der Waals surface area contributed by atoms with Crippen LogP contribution in [0.25, 0.3) is 0 Å². The third-order valence-electron chi connectivity index (χ3n) is 1.61. The van der Waals surface area contributed by atoms with Gasteiger partial charge in [0.25, 0.3) is 0 Å². The third-order valence-corrected chi connectivity index (χ3v) is 1.61. The van der Waals surface area contributed by atoms with E-state index in [0.29, 0.717) is 0 Å². The molecule has 0 spiro atoms. The zero-order chi connectivity index (χ0) is 12.9. The van der Waals surface area contributed by atoms with E-state index in [4.69, 9.17) is 5.73 Å². The molecule has 94 valence electrons. The minimum atomic E-state index is -4.51. The Labute approximate surface area is 94.0 Å². The third kappa shape index (κ3) is 4.53. The number of alkyl halides is 3. The van der Waals surface area contributed by atoms with Crippen LogP contribution in [0, 0.1) is 0 Å². The summed E-state index contributed by atoms with van der Waals surface area (Å²) in [7, 11) is 0. The molecule has 17 heavy (non-hydrogen) atoms. The summed E-state index contributed by atoms with van der Waals surface area (Å²) in [6.45, 7) is 0.154. The maximum absolute atomic E-state index is 12.1. The SMILES string of the molecule is NC(=O)OCCNc1ccc(C(F)(F)F)nn1. The van der Waals surface area contributed by atoms with Crippen molar-refractivity contribution < 1.29 is 22.7 Å². The molecule has 6 nitrogen and oxygen atoms in total. The number of carbonyl (C=O) groups is 1. The van der Waals surface area contributed by atoms with E-state index in [0.717, 1.165) is 12.1 Å². The van der Waals surface area contributed by atoms with E-state index in [9.17, 15) is 18.0 Å². The molecular weight excluding hydrogens is 241 g/mol. The molecule has 0 aromatic carbocycles. The number of amides is 1.